The fourth-order valence-corrected chi connectivity index (χ4v) is 8.05. The van der Waals surface area contributed by atoms with Gasteiger partial charge in [0.2, 0.25) is 11.8 Å². The van der Waals surface area contributed by atoms with E-state index in [1.165, 1.54) is 7.11 Å². The van der Waals surface area contributed by atoms with Crippen LogP contribution in [-0.2, 0) is 28.9 Å². The van der Waals surface area contributed by atoms with Gasteiger partial charge in [0.15, 0.2) is 15.1 Å². The topological polar surface area (TPSA) is 144 Å². The number of nitrogens with zero attached hydrogens (tertiary/aromatic N) is 2. The number of hydrogen-bond acceptors (Lipinski definition) is 9. The van der Waals surface area contributed by atoms with Crippen molar-refractivity contribution in [3.05, 3.63) is 53.0 Å². The lowest BCUT2D eigenvalue weighted by atomic mass is 10.0. The quantitative estimate of drug-likeness (QED) is 0.330. The Kier molecular flexibility index (Phi) is 9.45. The summed E-state index contributed by atoms with van der Waals surface area (Å²) < 4.78 is 37.9. The Labute approximate surface area is 254 Å². The van der Waals surface area contributed by atoms with Gasteiger partial charge in [0.1, 0.15) is 5.01 Å². The van der Waals surface area contributed by atoms with E-state index in [-0.39, 0.29) is 54.0 Å². The Morgan fingerprint density at radius 3 is 2.40 bits per heavy atom. The van der Waals surface area contributed by atoms with Crippen LogP contribution in [0.15, 0.2) is 42.5 Å². The van der Waals surface area contributed by atoms with Gasteiger partial charge in [-0.3, -0.25) is 14.4 Å². The second kappa shape index (κ2) is 13.1. The number of carbonyl (C=O) groups is 3. The fraction of sp³-hybridized carbons (Fsp3) is 0.467. The van der Waals surface area contributed by atoms with Gasteiger partial charge < -0.3 is 25.0 Å². The van der Waals surface area contributed by atoms with E-state index >= 15 is 0 Å². The molecule has 2 heterocycles. The number of ether oxygens (including phenoxy) is 2. The predicted molar refractivity (Wildman–Crippen MR) is 164 cm³/mol. The summed E-state index contributed by atoms with van der Waals surface area (Å²) in [5, 5.41) is 3.80. The Bertz CT molecular complexity index is 1590. The Hall–Kier alpha value is -3.39. The Morgan fingerprint density at radius 1 is 1.07 bits per heavy atom. The van der Waals surface area contributed by atoms with Gasteiger partial charge in [-0.05, 0) is 62.1 Å². The number of benzene rings is 2. The molecule has 2 aliphatic rings. The molecule has 13 heteroatoms. The largest absolute Gasteiger partial charge is 0.384 e. The van der Waals surface area contributed by atoms with E-state index in [2.05, 4.69) is 15.6 Å². The van der Waals surface area contributed by atoms with Crippen molar-refractivity contribution in [1.29, 1.82) is 0 Å². The number of carbonyl (C=O) groups excluding carboxylic acids is 3. The molecule has 1 saturated heterocycles. The van der Waals surface area contributed by atoms with Crippen molar-refractivity contribution in [2.45, 2.75) is 50.2 Å². The van der Waals surface area contributed by atoms with E-state index in [1.54, 1.807) is 18.2 Å². The molecule has 5 rings (SSSR count). The molecule has 43 heavy (non-hydrogen) atoms. The molecule has 3 aromatic rings. The maximum absolute atomic E-state index is 13.3. The molecule has 2 fully saturated rings. The lowest BCUT2D eigenvalue weighted by Gasteiger charge is -2.35. The van der Waals surface area contributed by atoms with E-state index in [0.29, 0.717) is 28.9 Å². The van der Waals surface area contributed by atoms with Crippen LogP contribution < -0.4 is 10.6 Å². The average molecular weight is 629 g/mol. The maximum atomic E-state index is 13.3. The van der Waals surface area contributed by atoms with E-state index in [4.69, 9.17) is 9.47 Å². The minimum atomic E-state index is -4.00. The molecule has 0 radical (unpaired) electrons. The summed E-state index contributed by atoms with van der Waals surface area (Å²) in [4.78, 5) is 44.7. The van der Waals surface area contributed by atoms with Gasteiger partial charge in [0.25, 0.3) is 5.91 Å². The molecular formula is C30H36N4O7S2. The van der Waals surface area contributed by atoms with Crippen molar-refractivity contribution in [3.63, 3.8) is 0 Å². The van der Waals surface area contributed by atoms with Crippen LogP contribution in [0.25, 0.3) is 21.3 Å². The Morgan fingerprint density at radius 2 is 1.74 bits per heavy atom. The molecule has 1 aliphatic heterocycles. The number of fused-ring (bicyclic) bond motifs is 1. The first-order chi connectivity index (χ1) is 20.5. The second-order valence-corrected chi connectivity index (χ2v) is 14.3. The molecule has 0 bridgehead atoms. The number of sulfone groups is 1. The number of nitrogens with one attached hydrogen (secondary N) is 2. The molecule has 3 atom stereocenters. The monoisotopic (exact) mass is 628 g/mol. The first-order valence-corrected chi connectivity index (χ1v) is 16.8. The molecule has 3 amide bonds. The molecule has 230 valence electrons. The van der Waals surface area contributed by atoms with Gasteiger partial charge in [-0.1, -0.05) is 18.2 Å². The zero-order valence-corrected chi connectivity index (χ0v) is 26.0. The first kappa shape index (κ1) is 31.0. The van der Waals surface area contributed by atoms with Crippen molar-refractivity contribution in [1.82, 2.24) is 20.5 Å². The number of morpholine rings is 1. The summed E-state index contributed by atoms with van der Waals surface area (Å²) in [6, 6.07) is 13.0. The molecular weight excluding hydrogens is 592 g/mol. The zero-order chi connectivity index (χ0) is 30.7. The van der Waals surface area contributed by atoms with E-state index < -0.39 is 21.0 Å². The SMILES string of the molecule is COCCS(=O)(=O)C(C(=O)NCC(=O)NC1CC1)c1nc2ccc(-c3ccc(C(=O)N4C[C@@H](C)O[C@@H](C)C4)cc3)cc2s1. The number of amides is 3. The molecule has 1 saturated carbocycles. The molecule has 1 unspecified atom stereocenters. The van der Waals surface area contributed by atoms with Gasteiger partial charge in [-0.25, -0.2) is 13.4 Å². The normalized spacial score (nSPS) is 19.7. The van der Waals surface area contributed by atoms with Crippen molar-refractivity contribution < 1.29 is 32.3 Å². The van der Waals surface area contributed by atoms with Crippen molar-refractivity contribution in [2.24, 2.45) is 0 Å². The van der Waals surface area contributed by atoms with E-state index in [9.17, 15) is 22.8 Å². The van der Waals surface area contributed by atoms with Crippen LogP contribution in [0.5, 0.6) is 0 Å². The summed E-state index contributed by atoms with van der Waals surface area (Å²) in [5.41, 5.74) is 2.88. The molecule has 11 nitrogen and oxygen atoms in total. The summed E-state index contributed by atoms with van der Waals surface area (Å²) >= 11 is 1.12. The zero-order valence-electron chi connectivity index (χ0n) is 24.4. The van der Waals surface area contributed by atoms with E-state index in [1.807, 2.05) is 43.0 Å². The standard InChI is InChI=1S/C30H36N4O7S2/c1-18-16-34(17-19(2)41-18)30(37)21-6-4-20(5-7-21)22-8-11-24-25(14-22)42-29(33-24)27(43(38,39)13-12-40-3)28(36)31-15-26(35)32-23-9-10-23/h4-8,11,14,18-19,23,27H,9-10,12-13,15-17H2,1-3H3,(H,31,36)(H,32,35)/t18-,19+,27?. The van der Waals surface area contributed by atoms with E-state index in [0.717, 1.165) is 35.3 Å². The molecule has 2 N–H and O–H groups in total. The van der Waals surface area contributed by atoms with Crippen LogP contribution in [-0.4, -0.2) is 93.4 Å². The Balaban J connectivity index is 1.36. The minimum Gasteiger partial charge on any atom is -0.384 e. The van der Waals surface area contributed by atoms with Crippen LogP contribution in [0.2, 0.25) is 0 Å². The third-order valence-electron chi connectivity index (χ3n) is 7.34. The van der Waals surface area contributed by atoms with Gasteiger partial charge in [-0.15, -0.1) is 11.3 Å². The van der Waals surface area contributed by atoms with Crippen molar-refractivity contribution in [3.8, 4) is 11.1 Å². The molecule has 0 spiro atoms. The third-order valence-corrected chi connectivity index (χ3v) is 10.5. The third kappa shape index (κ3) is 7.58. The summed E-state index contributed by atoms with van der Waals surface area (Å²) in [6.45, 7) is 4.61. The highest BCUT2D eigenvalue weighted by atomic mass is 32.2. The number of hydrogen-bond donors (Lipinski definition) is 2. The first-order valence-electron chi connectivity index (χ1n) is 14.3. The number of rotatable bonds is 11. The number of methoxy groups -OCH3 is 1. The molecule has 2 aromatic carbocycles. The minimum absolute atomic E-state index is 0.0181. The summed E-state index contributed by atoms with van der Waals surface area (Å²) in [7, 11) is -2.61. The van der Waals surface area contributed by atoms with Crippen LogP contribution in [0, 0.1) is 0 Å². The van der Waals surface area contributed by atoms with Crippen LogP contribution >= 0.6 is 11.3 Å². The van der Waals surface area contributed by atoms with Gasteiger partial charge in [0.05, 0.1) is 41.3 Å². The smallest absolute Gasteiger partial charge is 0.254 e. The lowest BCUT2D eigenvalue weighted by molar-refractivity contribution is -0.126. The predicted octanol–water partition coefficient (Wildman–Crippen LogP) is 2.71. The van der Waals surface area contributed by atoms with Crippen molar-refractivity contribution in [2.75, 3.05) is 39.1 Å². The van der Waals surface area contributed by atoms with Crippen LogP contribution in [0.1, 0.15) is 47.3 Å². The summed E-state index contributed by atoms with van der Waals surface area (Å²) in [5.74, 6) is -1.57. The number of aromatic nitrogens is 1. The van der Waals surface area contributed by atoms with Gasteiger partial charge >= 0.3 is 0 Å². The molecule has 1 aromatic heterocycles. The second-order valence-electron chi connectivity index (χ2n) is 11.1. The average Bonchev–Trinajstić information content (AvgIpc) is 3.69. The maximum Gasteiger partial charge on any atom is 0.254 e. The van der Waals surface area contributed by atoms with Gasteiger partial charge in [-0.2, -0.15) is 0 Å². The lowest BCUT2D eigenvalue weighted by Crippen LogP contribution is -2.48. The highest BCUT2D eigenvalue weighted by Gasteiger charge is 2.37. The molecule has 1 aliphatic carbocycles. The summed E-state index contributed by atoms with van der Waals surface area (Å²) in [6.07, 6.45) is 1.76. The highest BCUT2D eigenvalue weighted by molar-refractivity contribution is 7.92. The fourth-order valence-electron chi connectivity index (χ4n) is 5.08. The number of thiazole rings is 1. The van der Waals surface area contributed by atoms with Crippen LogP contribution in [0.4, 0.5) is 0 Å². The van der Waals surface area contributed by atoms with Crippen LogP contribution in [0.3, 0.4) is 0 Å². The highest BCUT2D eigenvalue weighted by Crippen LogP contribution is 2.34. The van der Waals surface area contributed by atoms with Crippen molar-refractivity contribution >= 4 is 49.1 Å². The van der Waals surface area contributed by atoms with Gasteiger partial charge in [0, 0.05) is 31.8 Å².